The lowest BCUT2D eigenvalue weighted by Gasteiger charge is -2.04. The molecule has 3 heterocycles. The van der Waals surface area contributed by atoms with Gasteiger partial charge in [-0.2, -0.15) is 0 Å². The highest BCUT2D eigenvalue weighted by atomic mass is 35.5. The lowest BCUT2D eigenvalue weighted by Crippen LogP contribution is -2.13. The van der Waals surface area contributed by atoms with Crippen LogP contribution < -0.4 is 10.6 Å². The summed E-state index contributed by atoms with van der Waals surface area (Å²) >= 11 is 7.04. The van der Waals surface area contributed by atoms with Crippen molar-refractivity contribution >= 4 is 51.3 Å². The van der Waals surface area contributed by atoms with E-state index in [0.717, 1.165) is 23.5 Å². The van der Waals surface area contributed by atoms with Crippen molar-refractivity contribution in [1.29, 1.82) is 0 Å². The molecule has 0 aliphatic heterocycles. The van der Waals surface area contributed by atoms with Gasteiger partial charge in [0.2, 0.25) is 5.95 Å². The summed E-state index contributed by atoms with van der Waals surface area (Å²) in [6, 6.07) is 10.6. The van der Waals surface area contributed by atoms with Gasteiger partial charge in [0.1, 0.15) is 5.82 Å². The highest BCUT2D eigenvalue weighted by molar-refractivity contribution is 7.18. The third kappa shape index (κ3) is 3.82. The van der Waals surface area contributed by atoms with Crippen LogP contribution in [0.25, 0.3) is 5.65 Å². The van der Waals surface area contributed by atoms with Gasteiger partial charge in [0, 0.05) is 6.20 Å². The molecule has 0 bridgehead atoms. The smallest absolute Gasteiger partial charge is 0.268 e. The molecule has 0 saturated carbocycles. The van der Waals surface area contributed by atoms with E-state index in [1.54, 1.807) is 35.7 Å². The van der Waals surface area contributed by atoms with E-state index in [9.17, 15) is 14.0 Å². The summed E-state index contributed by atoms with van der Waals surface area (Å²) in [4.78, 5) is 25.5. The van der Waals surface area contributed by atoms with E-state index in [1.165, 1.54) is 6.07 Å². The summed E-state index contributed by atoms with van der Waals surface area (Å²) in [6.45, 7) is 1.76. The maximum atomic E-state index is 13.2. The van der Waals surface area contributed by atoms with Crippen molar-refractivity contribution in [1.82, 2.24) is 14.6 Å². The zero-order valence-corrected chi connectivity index (χ0v) is 16.5. The Labute approximate surface area is 173 Å². The van der Waals surface area contributed by atoms with Crippen molar-refractivity contribution in [2.45, 2.75) is 6.92 Å². The van der Waals surface area contributed by atoms with Crippen LogP contribution in [0.1, 0.15) is 25.6 Å². The number of carbonyl (C=O) groups excluding carboxylic acids is 2. The second-order valence-electron chi connectivity index (χ2n) is 6.11. The predicted octanol–water partition coefficient (Wildman–Crippen LogP) is 4.40. The fraction of sp³-hybridized carbons (Fsp3) is 0.0526. The van der Waals surface area contributed by atoms with Crippen LogP contribution >= 0.6 is 22.9 Å². The van der Waals surface area contributed by atoms with Gasteiger partial charge in [0.05, 0.1) is 20.5 Å². The molecule has 3 aromatic heterocycles. The van der Waals surface area contributed by atoms with Crippen LogP contribution in [0.3, 0.4) is 0 Å². The van der Waals surface area contributed by atoms with E-state index >= 15 is 0 Å². The molecule has 10 heteroatoms. The van der Waals surface area contributed by atoms with Crippen LogP contribution in [0, 0.1) is 12.7 Å². The summed E-state index contributed by atoms with van der Waals surface area (Å²) in [5.74, 6) is -1.10. The zero-order valence-electron chi connectivity index (χ0n) is 14.9. The van der Waals surface area contributed by atoms with E-state index in [4.69, 9.17) is 11.6 Å². The summed E-state index contributed by atoms with van der Waals surface area (Å²) in [7, 11) is 0. The second-order valence-corrected chi connectivity index (χ2v) is 7.57. The molecule has 7 nitrogen and oxygen atoms in total. The molecule has 0 atom stereocenters. The molecule has 1 aromatic carbocycles. The lowest BCUT2D eigenvalue weighted by molar-refractivity contribution is 0.101. The van der Waals surface area contributed by atoms with Gasteiger partial charge in [-0.15, -0.1) is 21.5 Å². The Hall–Kier alpha value is -3.30. The maximum absolute atomic E-state index is 13.2. The van der Waals surface area contributed by atoms with Gasteiger partial charge in [-0.05, 0) is 48.9 Å². The molecule has 0 aliphatic carbocycles. The van der Waals surface area contributed by atoms with E-state index in [1.807, 2.05) is 6.07 Å². The van der Waals surface area contributed by atoms with Gasteiger partial charge in [-0.3, -0.25) is 19.3 Å². The highest BCUT2D eigenvalue weighted by Crippen LogP contribution is 2.28. The summed E-state index contributed by atoms with van der Waals surface area (Å²) in [5, 5.41) is 13.8. The number of benzene rings is 1. The lowest BCUT2D eigenvalue weighted by atomic mass is 10.2. The number of hydrogen-bond acceptors (Lipinski definition) is 5. The third-order valence-corrected chi connectivity index (χ3v) is 5.54. The fourth-order valence-electron chi connectivity index (χ4n) is 2.71. The minimum absolute atomic E-state index is 0.00688. The first-order valence-electron chi connectivity index (χ1n) is 8.40. The van der Waals surface area contributed by atoms with Crippen LogP contribution in [0.4, 0.5) is 15.3 Å². The molecule has 29 heavy (non-hydrogen) atoms. The second kappa shape index (κ2) is 7.61. The SMILES string of the molecule is Cc1cc(NC(=O)c2ccc(F)cc2Cl)sc1C(=O)Nc1nnc2ccccn12. The molecule has 0 radical (unpaired) electrons. The molecule has 0 fully saturated rings. The Morgan fingerprint density at radius 2 is 1.93 bits per heavy atom. The largest absolute Gasteiger partial charge is 0.313 e. The number of aryl methyl sites for hydroxylation is 1. The van der Waals surface area contributed by atoms with E-state index in [0.29, 0.717) is 27.0 Å². The molecule has 0 unspecified atom stereocenters. The molecule has 0 aliphatic rings. The number of pyridine rings is 1. The van der Waals surface area contributed by atoms with Crippen LogP contribution in [0.15, 0.2) is 48.7 Å². The van der Waals surface area contributed by atoms with Crippen LogP contribution in [0.2, 0.25) is 5.02 Å². The molecular formula is C19H13ClFN5O2S. The number of rotatable bonds is 4. The number of anilines is 2. The van der Waals surface area contributed by atoms with Gasteiger partial charge in [0.25, 0.3) is 11.8 Å². The van der Waals surface area contributed by atoms with Crippen molar-refractivity contribution in [3.05, 3.63) is 75.5 Å². The Kier molecular flexibility index (Phi) is 4.99. The van der Waals surface area contributed by atoms with Gasteiger partial charge >= 0.3 is 0 Å². The van der Waals surface area contributed by atoms with Crippen molar-refractivity contribution in [3.63, 3.8) is 0 Å². The molecule has 4 aromatic rings. The maximum Gasteiger partial charge on any atom is 0.268 e. The highest BCUT2D eigenvalue weighted by Gasteiger charge is 2.18. The predicted molar refractivity (Wildman–Crippen MR) is 109 cm³/mol. The number of thiophene rings is 1. The number of nitrogens with one attached hydrogen (secondary N) is 2. The average Bonchev–Trinajstić information content (AvgIpc) is 3.25. The zero-order chi connectivity index (χ0) is 20.5. The van der Waals surface area contributed by atoms with Crippen LogP contribution in [-0.2, 0) is 0 Å². The third-order valence-electron chi connectivity index (χ3n) is 4.08. The van der Waals surface area contributed by atoms with Gasteiger partial charge in [0.15, 0.2) is 5.65 Å². The van der Waals surface area contributed by atoms with Gasteiger partial charge < -0.3 is 5.32 Å². The first-order chi connectivity index (χ1) is 13.9. The van der Waals surface area contributed by atoms with Gasteiger partial charge in [-0.1, -0.05) is 17.7 Å². The van der Waals surface area contributed by atoms with Crippen LogP contribution in [-0.4, -0.2) is 26.4 Å². The topological polar surface area (TPSA) is 88.4 Å². The van der Waals surface area contributed by atoms with E-state index in [-0.39, 0.29) is 16.5 Å². The standard InChI is InChI=1S/C19H13ClFN5O2S/c1-10-8-15(22-17(27)12-6-5-11(21)9-13(12)20)29-16(10)18(28)23-19-25-24-14-4-2-3-7-26(14)19/h2-9H,1H3,(H,22,27)(H,23,25,28). The van der Waals surface area contributed by atoms with E-state index < -0.39 is 11.7 Å². The van der Waals surface area contributed by atoms with Crippen molar-refractivity contribution in [3.8, 4) is 0 Å². The summed E-state index contributed by atoms with van der Waals surface area (Å²) in [5.41, 5.74) is 1.43. The summed E-state index contributed by atoms with van der Waals surface area (Å²) < 4.78 is 14.8. The number of amides is 2. The number of hydrogen-bond donors (Lipinski definition) is 2. The van der Waals surface area contributed by atoms with Gasteiger partial charge in [-0.25, -0.2) is 4.39 Å². The Bertz CT molecular complexity index is 1250. The molecule has 4 rings (SSSR count). The van der Waals surface area contributed by atoms with Crippen LogP contribution in [0.5, 0.6) is 0 Å². The Balaban J connectivity index is 1.53. The molecule has 0 spiro atoms. The molecule has 146 valence electrons. The minimum atomic E-state index is -0.529. The van der Waals surface area contributed by atoms with Crippen molar-refractivity contribution in [2.24, 2.45) is 0 Å². The quantitative estimate of drug-likeness (QED) is 0.503. The van der Waals surface area contributed by atoms with E-state index in [2.05, 4.69) is 20.8 Å². The number of carbonyl (C=O) groups is 2. The molecule has 0 saturated heterocycles. The molecular weight excluding hydrogens is 417 g/mol. The monoisotopic (exact) mass is 429 g/mol. The number of aromatic nitrogens is 3. The molecule has 2 amide bonds. The Morgan fingerprint density at radius 1 is 1.10 bits per heavy atom. The minimum Gasteiger partial charge on any atom is -0.313 e. The first-order valence-corrected chi connectivity index (χ1v) is 9.60. The first kappa shape index (κ1) is 19.0. The van der Waals surface area contributed by atoms with Crippen molar-refractivity contribution < 1.29 is 14.0 Å². The number of fused-ring (bicyclic) bond motifs is 1. The summed E-state index contributed by atoms with van der Waals surface area (Å²) in [6.07, 6.45) is 1.74. The fourth-order valence-corrected chi connectivity index (χ4v) is 3.92. The normalized spacial score (nSPS) is 10.9. The van der Waals surface area contributed by atoms with Crippen molar-refractivity contribution in [2.75, 3.05) is 10.6 Å². The average molecular weight is 430 g/mol. The number of halogens is 2. The Morgan fingerprint density at radius 3 is 2.72 bits per heavy atom. The number of nitrogens with zero attached hydrogens (tertiary/aromatic N) is 3. The molecule has 2 N–H and O–H groups in total.